The average Bonchev–Trinajstić information content (AvgIpc) is 3.56. The minimum Gasteiger partial charge on any atom is -0.493 e. The van der Waals surface area contributed by atoms with Gasteiger partial charge in [0.1, 0.15) is 28.9 Å². The molecule has 4 N–H and O–H groups in total. The first-order valence-corrected chi connectivity index (χ1v) is 15.3. The van der Waals surface area contributed by atoms with Crippen LogP contribution in [0.1, 0.15) is 71.5 Å². The van der Waals surface area contributed by atoms with Gasteiger partial charge in [0, 0.05) is 42.9 Å². The van der Waals surface area contributed by atoms with Crippen LogP contribution in [0.25, 0.3) is 5.69 Å². The van der Waals surface area contributed by atoms with E-state index >= 15 is 8.78 Å². The lowest BCUT2D eigenvalue weighted by atomic mass is 9.92. The van der Waals surface area contributed by atoms with E-state index in [-0.39, 0.29) is 18.8 Å². The number of nitrogens with zero attached hydrogens (tertiary/aromatic N) is 1. The Kier molecular flexibility index (Phi) is 10.3. The number of ketones is 1. The Morgan fingerprint density at radius 3 is 2.32 bits per heavy atom. The average molecular weight is 652 g/mol. The number of anilines is 2. The number of aromatic nitrogens is 1. The quantitative estimate of drug-likeness (QED) is 0.0829. The maximum atomic E-state index is 15.3. The summed E-state index contributed by atoms with van der Waals surface area (Å²) in [7, 11) is 0. The van der Waals surface area contributed by atoms with Crippen molar-refractivity contribution in [3.8, 4) is 11.4 Å². The van der Waals surface area contributed by atoms with E-state index in [4.69, 9.17) is 10.5 Å². The number of halogens is 4. The minimum atomic E-state index is -1.20. The molecule has 1 aliphatic rings. The third-order valence-electron chi connectivity index (χ3n) is 8.24. The van der Waals surface area contributed by atoms with Crippen LogP contribution in [0.15, 0.2) is 65.5 Å². The van der Waals surface area contributed by atoms with E-state index in [1.807, 2.05) is 12.1 Å². The van der Waals surface area contributed by atoms with Crippen LogP contribution in [0.5, 0.6) is 5.75 Å². The smallest absolute Gasteiger partial charge is 0.303 e. The van der Waals surface area contributed by atoms with Crippen LogP contribution in [0.3, 0.4) is 0 Å². The van der Waals surface area contributed by atoms with Crippen molar-refractivity contribution in [2.45, 2.75) is 50.9 Å². The number of pyridine rings is 1. The van der Waals surface area contributed by atoms with Gasteiger partial charge in [-0.05, 0) is 60.9 Å². The molecule has 1 fully saturated rings. The number of carboxylic acids is 1. The minimum absolute atomic E-state index is 0.00418. The van der Waals surface area contributed by atoms with Crippen LogP contribution in [-0.2, 0) is 11.2 Å². The Hall–Kier alpha value is -5.13. The number of aliphatic carboxylic acids is 1. The molecule has 47 heavy (non-hydrogen) atoms. The fourth-order valence-electron chi connectivity index (χ4n) is 5.97. The third-order valence-corrected chi connectivity index (χ3v) is 8.24. The van der Waals surface area contributed by atoms with Crippen molar-refractivity contribution >= 4 is 23.3 Å². The summed E-state index contributed by atoms with van der Waals surface area (Å²) in [6.45, 7) is 0.533. The summed E-state index contributed by atoms with van der Waals surface area (Å²) in [5, 5.41) is 12.6. The van der Waals surface area contributed by atoms with Gasteiger partial charge in [-0.1, -0.05) is 31.0 Å². The number of hydrogen-bond donors (Lipinski definition) is 3. The Morgan fingerprint density at radius 2 is 1.64 bits per heavy atom. The Morgan fingerprint density at radius 1 is 0.936 bits per heavy atom. The molecule has 0 spiro atoms. The van der Waals surface area contributed by atoms with Gasteiger partial charge in [0.2, 0.25) is 0 Å². The molecule has 0 bridgehead atoms. The number of nitrogen functional groups attached to an aromatic ring is 1. The second kappa shape index (κ2) is 14.5. The molecule has 0 amide bonds. The first kappa shape index (κ1) is 33.2. The van der Waals surface area contributed by atoms with Crippen LogP contribution in [0, 0.1) is 23.3 Å². The highest BCUT2D eigenvalue weighted by Crippen LogP contribution is 2.39. The summed E-state index contributed by atoms with van der Waals surface area (Å²) in [6.07, 6.45) is 5.25. The molecule has 0 radical (unpaired) electrons. The molecule has 12 heteroatoms. The van der Waals surface area contributed by atoms with E-state index in [1.54, 1.807) is 0 Å². The van der Waals surface area contributed by atoms with Gasteiger partial charge in [0.15, 0.2) is 17.4 Å². The summed E-state index contributed by atoms with van der Waals surface area (Å²) in [5.74, 6) is -6.75. The maximum Gasteiger partial charge on any atom is 0.303 e. The number of carbonyl (C=O) groups excluding carboxylic acids is 1. The van der Waals surface area contributed by atoms with E-state index in [0.717, 1.165) is 78.9 Å². The molecule has 1 heterocycles. The second-order valence-electron chi connectivity index (χ2n) is 11.4. The van der Waals surface area contributed by atoms with Gasteiger partial charge in [0.05, 0.1) is 17.7 Å². The molecule has 1 saturated carbocycles. The molecule has 0 unspecified atom stereocenters. The molecular formula is C35H33F4N3O5. The van der Waals surface area contributed by atoms with Crippen LogP contribution < -0.4 is 21.3 Å². The Labute approximate surface area is 267 Å². The van der Waals surface area contributed by atoms with E-state index < -0.39 is 63.2 Å². The highest BCUT2D eigenvalue weighted by molar-refractivity contribution is 6.11. The molecule has 0 atom stereocenters. The number of nitrogens with two attached hydrogens (primary N) is 1. The molecule has 1 aliphatic carbocycles. The molecule has 246 valence electrons. The molecule has 0 saturated heterocycles. The topological polar surface area (TPSA) is 124 Å². The highest BCUT2D eigenvalue weighted by Gasteiger charge is 2.24. The number of rotatable bonds is 13. The van der Waals surface area contributed by atoms with Crippen molar-refractivity contribution in [2.24, 2.45) is 0 Å². The fraction of sp³-hybridized carbons (Fsp3) is 0.286. The van der Waals surface area contributed by atoms with E-state index in [1.165, 1.54) is 0 Å². The van der Waals surface area contributed by atoms with Crippen molar-refractivity contribution in [1.29, 1.82) is 0 Å². The Balaban J connectivity index is 1.29. The SMILES string of the molecule is Nc1c(C(=O)c2ccc(F)cc2F)ccc(=O)n1-c1c(F)cc(OCCCNc2c(CCC(=O)O)cccc2C2CCCC2)cc1F. The Bertz CT molecular complexity index is 1850. The molecule has 8 nitrogen and oxygen atoms in total. The first-order chi connectivity index (χ1) is 22.5. The zero-order valence-corrected chi connectivity index (χ0v) is 25.3. The number of para-hydroxylation sites is 1. The summed E-state index contributed by atoms with van der Waals surface area (Å²) in [4.78, 5) is 36.8. The lowest BCUT2D eigenvalue weighted by Gasteiger charge is -2.20. The summed E-state index contributed by atoms with van der Waals surface area (Å²) >= 11 is 0. The summed E-state index contributed by atoms with van der Waals surface area (Å²) in [5.41, 5.74) is 6.26. The van der Waals surface area contributed by atoms with Gasteiger partial charge in [-0.15, -0.1) is 0 Å². The molecule has 3 aromatic carbocycles. The highest BCUT2D eigenvalue weighted by atomic mass is 19.1. The van der Waals surface area contributed by atoms with Crippen LogP contribution in [0.2, 0.25) is 0 Å². The van der Waals surface area contributed by atoms with Crippen molar-refractivity contribution in [1.82, 2.24) is 4.57 Å². The number of nitrogens with one attached hydrogen (secondary N) is 1. The number of carbonyl (C=O) groups is 2. The van der Waals surface area contributed by atoms with Crippen molar-refractivity contribution in [3.05, 3.63) is 117 Å². The van der Waals surface area contributed by atoms with Gasteiger partial charge < -0.3 is 20.9 Å². The molecule has 0 aliphatic heterocycles. The van der Waals surface area contributed by atoms with E-state index in [2.05, 4.69) is 11.4 Å². The first-order valence-electron chi connectivity index (χ1n) is 15.3. The molecule has 5 rings (SSSR count). The third kappa shape index (κ3) is 7.48. The number of carboxylic acid groups (broad SMARTS) is 1. The predicted molar refractivity (Wildman–Crippen MR) is 168 cm³/mol. The van der Waals surface area contributed by atoms with Gasteiger partial charge in [0.25, 0.3) is 5.56 Å². The number of ether oxygens (including phenoxy) is 1. The lowest BCUT2D eigenvalue weighted by molar-refractivity contribution is -0.136. The number of hydrogen-bond acceptors (Lipinski definition) is 6. The van der Waals surface area contributed by atoms with Crippen LogP contribution in [0.4, 0.5) is 29.1 Å². The van der Waals surface area contributed by atoms with Crippen molar-refractivity contribution < 1.29 is 37.0 Å². The van der Waals surface area contributed by atoms with Crippen molar-refractivity contribution in [2.75, 3.05) is 24.2 Å². The van der Waals surface area contributed by atoms with E-state index in [0.29, 0.717) is 35.9 Å². The molecular weight excluding hydrogens is 618 g/mol. The van der Waals surface area contributed by atoms with Crippen LogP contribution >= 0.6 is 0 Å². The summed E-state index contributed by atoms with van der Waals surface area (Å²) < 4.78 is 64.3. The van der Waals surface area contributed by atoms with E-state index in [9.17, 15) is 28.3 Å². The largest absolute Gasteiger partial charge is 0.493 e. The fourth-order valence-corrected chi connectivity index (χ4v) is 5.97. The number of aryl methyl sites for hydroxylation is 1. The van der Waals surface area contributed by atoms with Gasteiger partial charge >= 0.3 is 5.97 Å². The maximum absolute atomic E-state index is 15.3. The molecule has 4 aromatic rings. The van der Waals surface area contributed by atoms with Gasteiger partial charge in [-0.2, -0.15) is 0 Å². The zero-order valence-electron chi connectivity index (χ0n) is 25.3. The van der Waals surface area contributed by atoms with Crippen molar-refractivity contribution in [3.63, 3.8) is 0 Å². The lowest BCUT2D eigenvalue weighted by Crippen LogP contribution is -2.25. The predicted octanol–water partition coefficient (Wildman–Crippen LogP) is 6.76. The standard InChI is InChI=1S/C35H33F4N3O5/c36-22-10-11-25(27(37)17-22)34(46)26-12-13-30(43)42(35(26)40)33-28(38)18-23(19-29(33)39)47-16-4-15-41-32-21(9-14-31(44)45)7-3-8-24(32)20-5-1-2-6-20/h3,7-8,10-13,17-20,41H,1-2,4-6,9,14-16,40H2,(H,44,45). The molecule has 1 aromatic heterocycles. The normalized spacial score (nSPS) is 13.1. The van der Waals surface area contributed by atoms with Gasteiger partial charge in [-0.25, -0.2) is 17.6 Å². The summed E-state index contributed by atoms with van der Waals surface area (Å²) in [6, 6.07) is 11.8. The zero-order chi connectivity index (χ0) is 33.7. The van der Waals surface area contributed by atoms with Crippen LogP contribution in [-0.4, -0.2) is 34.6 Å². The van der Waals surface area contributed by atoms with Gasteiger partial charge in [-0.3, -0.25) is 19.0 Å². The second-order valence-corrected chi connectivity index (χ2v) is 11.4. The number of benzene rings is 3. The monoisotopic (exact) mass is 651 g/mol.